The highest BCUT2D eigenvalue weighted by atomic mass is 16.3. The first kappa shape index (κ1) is 14.1. The van der Waals surface area contributed by atoms with Crippen LogP contribution in [0.25, 0.3) is 0 Å². The van der Waals surface area contributed by atoms with Gasteiger partial charge in [0.15, 0.2) is 0 Å². The molecule has 0 aliphatic heterocycles. The lowest BCUT2D eigenvalue weighted by molar-refractivity contribution is -0.0363. The van der Waals surface area contributed by atoms with Crippen LogP contribution in [0.5, 0.6) is 0 Å². The molecule has 3 atom stereocenters. The molecule has 3 nitrogen and oxygen atoms in total. The summed E-state index contributed by atoms with van der Waals surface area (Å²) >= 11 is 0. The topological polar surface area (TPSA) is 60.7 Å². The SMILES string of the molecule is CCC1(C2=C(O)CC(O)(C(C)O)C=C2)C=CC=CC1. The first-order valence-electron chi connectivity index (χ1n) is 6.80. The largest absolute Gasteiger partial charge is 0.512 e. The second-order valence-corrected chi connectivity index (χ2v) is 5.54. The number of hydrogen-bond donors (Lipinski definition) is 3. The molecule has 19 heavy (non-hydrogen) atoms. The van der Waals surface area contributed by atoms with Gasteiger partial charge in [-0.1, -0.05) is 37.3 Å². The standard InChI is InChI=1S/C16H22O3/c1-3-15(8-5-4-6-9-15)13-7-10-16(19,12(2)17)11-14(13)18/h4-8,10,12,17-19H,3,9,11H2,1-2H3. The van der Waals surface area contributed by atoms with Crippen LogP contribution < -0.4 is 0 Å². The molecular weight excluding hydrogens is 240 g/mol. The van der Waals surface area contributed by atoms with E-state index in [4.69, 9.17) is 0 Å². The monoisotopic (exact) mass is 262 g/mol. The van der Waals surface area contributed by atoms with Gasteiger partial charge in [-0.3, -0.25) is 0 Å². The van der Waals surface area contributed by atoms with E-state index >= 15 is 0 Å². The summed E-state index contributed by atoms with van der Waals surface area (Å²) in [6.07, 6.45) is 12.4. The highest BCUT2D eigenvalue weighted by Gasteiger charge is 2.39. The second-order valence-electron chi connectivity index (χ2n) is 5.54. The third-order valence-electron chi connectivity index (χ3n) is 4.34. The number of hydrogen-bond acceptors (Lipinski definition) is 3. The predicted molar refractivity (Wildman–Crippen MR) is 75.7 cm³/mol. The lowest BCUT2D eigenvalue weighted by Crippen LogP contribution is -2.41. The van der Waals surface area contributed by atoms with Crippen LogP contribution in [-0.2, 0) is 0 Å². The van der Waals surface area contributed by atoms with Crippen molar-refractivity contribution in [1.29, 1.82) is 0 Å². The zero-order chi connectivity index (χ0) is 14.1. The summed E-state index contributed by atoms with van der Waals surface area (Å²) in [5.41, 5.74) is -0.715. The molecule has 0 spiro atoms. The lowest BCUT2D eigenvalue weighted by atomic mass is 9.69. The van der Waals surface area contributed by atoms with Gasteiger partial charge in [0.2, 0.25) is 0 Å². The number of aliphatic hydroxyl groups excluding tert-OH is 2. The molecule has 0 amide bonds. The zero-order valence-electron chi connectivity index (χ0n) is 11.5. The Balaban J connectivity index is 2.35. The lowest BCUT2D eigenvalue weighted by Gasteiger charge is -2.37. The van der Waals surface area contributed by atoms with Gasteiger partial charge >= 0.3 is 0 Å². The van der Waals surface area contributed by atoms with Crippen molar-refractivity contribution in [2.75, 3.05) is 0 Å². The molecule has 0 radical (unpaired) electrons. The Kier molecular flexibility index (Phi) is 3.70. The first-order chi connectivity index (χ1) is 8.93. The zero-order valence-corrected chi connectivity index (χ0v) is 11.5. The molecule has 0 fully saturated rings. The Morgan fingerprint density at radius 3 is 2.53 bits per heavy atom. The molecule has 2 aliphatic carbocycles. The summed E-state index contributed by atoms with van der Waals surface area (Å²) < 4.78 is 0. The Morgan fingerprint density at radius 2 is 2.05 bits per heavy atom. The van der Waals surface area contributed by atoms with E-state index in [-0.39, 0.29) is 17.6 Å². The molecule has 2 aliphatic rings. The van der Waals surface area contributed by atoms with E-state index in [0.717, 1.165) is 18.4 Å². The molecule has 3 heteroatoms. The second kappa shape index (κ2) is 4.99. The molecular formula is C16H22O3. The van der Waals surface area contributed by atoms with Crippen LogP contribution in [0.1, 0.15) is 33.1 Å². The average Bonchev–Trinajstić information content (AvgIpc) is 2.39. The summed E-state index contributed by atoms with van der Waals surface area (Å²) in [7, 11) is 0. The summed E-state index contributed by atoms with van der Waals surface area (Å²) in [4.78, 5) is 0. The van der Waals surface area contributed by atoms with E-state index in [2.05, 4.69) is 19.1 Å². The maximum Gasteiger partial charge on any atom is 0.116 e. The van der Waals surface area contributed by atoms with Crippen LogP contribution in [0.15, 0.2) is 47.8 Å². The third kappa shape index (κ3) is 2.40. The normalized spacial score (nSPS) is 35.8. The van der Waals surface area contributed by atoms with E-state index < -0.39 is 11.7 Å². The van der Waals surface area contributed by atoms with Gasteiger partial charge in [-0.05, 0) is 31.4 Å². The van der Waals surface area contributed by atoms with Crippen LogP contribution in [0.2, 0.25) is 0 Å². The van der Waals surface area contributed by atoms with E-state index in [1.165, 1.54) is 6.92 Å². The van der Waals surface area contributed by atoms with Crippen LogP contribution in [0, 0.1) is 5.41 Å². The Bertz CT molecular complexity index is 470. The van der Waals surface area contributed by atoms with Gasteiger partial charge in [-0.15, -0.1) is 0 Å². The quantitative estimate of drug-likeness (QED) is 0.733. The molecule has 0 bridgehead atoms. The Morgan fingerprint density at radius 1 is 1.32 bits per heavy atom. The molecule has 0 saturated carbocycles. The van der Waals surface area contributed by atoms with Crippen molar-refractivity contribution in [3.63, 3.8) is 0 Å². The van der Waals surface area contributed by atoms with Crippen LogP contribution in [0.4, 0.5) is 0 Å². The maximum absolute atomic E-state index is 10.3. The smallest absolute Gasteiger partial charge is 0.116 e. The van der Waals surface area contributed by atoms with Gasteiger partial charge in [-0.25, -0.2) is 0 Å². The van der Waals surface area contributed by atoms with Crippen molar-refractivity contribution >= 4 is 0 Å². The van der Waals surface area contributed by atoms with Crippen molar-refractivity contribution in [2.45, 2.75) is 44.8 Å². The first-order valence-corrected chi connectivity index (χ1v) is 6.80. The molecule has 3 unspecified atom stereocenters. The molecule has 0 aromatic rings. The van der Waals surface area contributed by atoms with E-state index in [1.807, 2.05) is 12.2 Å². The minimum atomic E-state index is -1.36. The van der Waals surface area contributed by atoms with E-state index in [0.29, 0.717) is 0 Å². The number of rotatable bonds is 3. The summed E-state index contributed by atoms with van der Waals surface area (Å²) in [6, 6.07) is 0. The Hall–Kier alpha value is -1.32. The summed E-state index contributed by atoms with van der Waals surface area (Å²) in [5, 5.41) is 30.1. The fraction of sp³-hybridized carbons (Fsp3) is 0.500. The molecule has 0 aromatic heterocycles. The predicted octanol–water partition coefficient (Wildman–Crippen LogP) is 2.78. The van der Waals surface area contributed by atoms with Gasteiger partial charge in [0, 0.05) is 11.8 Å². The van der Waals surface area contributed by atoms with Crippen LogP contribution in [0.3, 0.4) is 0 Å². The van der Waals surface area contributed by atoms with Crippen LogP contribution >= 0.6 is 0 Å². The van der Waals surface area contributed by atoms with Crippen molar-refractivity contribution < 1.29 is 15.3 Å². The molecule has 0 saturated heterocycles. The van der Waals surface area contributed by atoms with Gasteiger partial charge in [0.25, 0.3) is 0 Å². The molecule has 0 aromatic carbocycles. The minimum Gasteiger partial charge on any atom is -0.512 e. The molecule has 3 N–H and O–H groups in total. The van der Waals surface area contributed by atoms with Gasteiger partial charge in [0.1, 0.15) is 5.60 Å². The highest BCUT2D eigenvalue weighted by molar-refractivity contribution is 5.42. The maximum atomic E-state index is 10.3. The van der Waals surface area contributed by atoms with Crippen LogP contribution in [-0.4, -0.2) is 27.0 Å². The minimum absolute atomic E-state index is 0.0653. The average molecular weight is 262 g/mol. The van der Waals surface area contributed by atoms with Crippen molar-refractivity contribution in [3.05, 3.63) is 47.8 Å². The summed E-state index contributed by atoms with van der Waals surface area (Å²) in [5.74, 6) is 0.174. The molecule has 2 rings (SSSR count). The van der Waals surface area contributed by atoms with Gasteiger partial charge in [-0.2, -0.15) is 0 Å². The van der Waals surface area contributed by atoms with Crippen molar-refractivity contribution in [1.82, 2.24) is 0 Å². The fourth-order valence-electron chi connectivity index (χ4n) is 2.80. The van der Waals surface area contributed by atoms with Gasteiger partial charge in [0.05, 0.1) is 11.9 Å². The third-order valence-corrected chi connectivity index (χ3v) is 4.34. The molecule has 0 heterocycles. The number of allylic oxidation sites excluding steroid dienone is 6. The Labute approximate surface area is 114 Å². The van der Waals surface area contributed by atoms with Crippen molar-refractivity contribution in [2.24, 2.45) is 5.41 Å². The van der Waals surface area contributed by atoms with E-state index in [9.17, 15) is 15.3 Å². The van der Waals surface area contributed by atoms with Gasteiger partial charge < -0.3 is 15.3 Å². The number of aliphatic hydroxyl groups is 3. The van der Waals surface area contributed by atoms with Crippen molar-refractivity contribution in [3.8, 4) is 0 Å². The fourth-order valence-corrected chi connectivity index (χ4v) is 2.80. The molecule has 104 valence electrons. The highest BCUT2D eigenvalue weighted by Crippen LogP contribution is 2.44. The van der Waals surface area contributed by atoms with E-state index in [1.54, 1.807) is 12.2 Å². The summed E-state index contributed by atoms with van der Waals surface area (Å²) in [6.45, 7) is 3.62.